The summed E-state index contributed by atoms with van der Waals surface area (Å²) in [6.07, 6.45) is 8.13. The quantitative estimate of drug-likeness (QED) is 0.154. The third-order valence-corrected chi connectivity index (χ3v) is 8.59. The lowest BCUT2D eigenvalue weighted by atomic mass is 9.92. The van der Waals surface area contributed by atoms with Gasteiger partial charge < -0.3 is 9.47 Å². The lowest BCUT2D eigenvalue weighted by Crippen LogP contribution is -2.29. The average molecular weight is 641 g/mol. The Bertz CT molecular complexity index is 1760. The number of benzene rings is 4. The van der Waals surface area contributed by atoms with Gasteiger partial charge >= 0.3 is 0 Å². The molecule has 0 aliphatic carbocycles. The largest absolute Gasteiger partial charge is 0.457 e. The zero-order valence-electron chi connectivity index (χ0n) is 27.4. The first kappa shape index (κ1) is 32.2. The molecule has 0 atom stereocenters. The summed E-state index contributed by atoms with van der Waals surface area (Å²) in [7, 11) is 0. The Kier molecular flexibility index (Phi) is 9.08. The Balaban J connectivity index is 1.27. The SMILES string of the molecule is CCc1cc(-c2cc(CC)c(Oc3ccc(N4C(=O)C=CC4=O)cc3)c(CC)c2)cc(CC)c1Oc1ccc(N2C(=O)C=CC2=O)cc1. The Hall–Kier alpha value is -5.76. The lowest BCUT2D eigenvalue weighted by Gasteiger charge is -2.20. The monoisotopic (exact) mass is 640 g/mol. The van der Waals surface area contributed by atoms with Crippen LogP contribution >= 0.6 is 0 Å². The maximum Gasteiger partial charge on any atom is 0.258 e. The van der Waals surface area contributed by atoms with Gasteiger partial charge in [0.1, 0.15) is 23.0 Å². The van der Waals surface area contributed by atoms with Gasteiger partial charge in [0, 0.05) is 24.3 Å². The van der Waals surface area contributed by atoms with Crippen molar-refractivity contribution in [1.82, 2.24) is 0 Å². The second kappa shape index (κ2) is 13.5. The van der Waals surface area contributed by atoms with Gasteiger partial charge in [-0.25, -0.2) is 9.80 Å². The molecule has 0 bridgehead atoms. The number of anilines is 2. The van der Waals surface area contributed by atoms with Crippen LogP contribution in [0.25, 0.3) is 11.1 Å². The van der Waals surface area contributed by atoms with Crippen molar-refractivity contribution in [3.05, 3.63) is 119 Å². The first-order valence-corrected chi connectivity index (χ1v) is 16.2. The van der Waals surface area contributed by atoms with Crippen LogP contribution in [0.5, 0.6) is 23.0 Å². The Morgan fingerprint density at radius 2 is 0.708 bits per heavy atom. The van der Waals surface area contributed by atoms with Gasteiger partial charge in [-0.1, -0.05) is 27.7 Å². The van der Waals surface area contributed by atoms with Crippen molar-refractivity contribution in [3.8, 4) is 34.1 Å². The van der Waals surface area contributed by atoms with E-state index >= 15 is 0 Å². The van der Waals surface area contributed by atoms with Crippen LogP contribution in [-0.4, -0.2) is 23.6 Å². The number of rotatable bonds is 11. The third-order valence-electron chi connectivity index (χ3n) is 8.59. The maximum absolute atomic E-state index is 12.1. The first-order valence-electron chi connectivity index (χ1n) is 16.2. The molecule has 242 valence electrons. The van der Waals surface area contributed by atoms with Crippen LogP contribution in [-0.2, 0) is 44.9 Å². The number of carbonyl (C=O) groups excluding carboxylic acids is 4. The molecule has 0 saturated heterocycles. The number of ether oxygens (including phenoxy) is 2. The molecular formula is C40H36N2O6. The molecule has 0 spiro atoms. The van der Waals surface area contributed by atoms with Gasteiger partial charge in [-0.15, -0.1) is 0 Å². The predicted molar refractivity (Wildman–Crippen MR) is 186 cm³/mol. The summed E-state index contributed by atoms with van der Waals surface area (Å²) in [5.41, 5.74) is 7.48. The molecular weight excluding hydrogens is 604 g/mol. The van der Waals surface area contributed by atoms with Crippen molar-refractivity contribution in [3.63, 3.8) is 0 Å². The topological polar surface area (TPSA) is 93.2 Å². The highest BCUT2D eigenvalue weighted by Crippen LogP contribution is 2.39. The number of aryl methyl sites for hydroxylation is 4. The second-order valence-electron chi connectivity index (χ2n) is 11.5. The van der Waals surface area contributed by atoms with E-state index < -0.39 is 0 Å². The van der Waals surface area contributed by atoms with Gasteiger partial charge in [0.25, 0.3) is 23.6 Å². The molecule has 0 unspecified atom stereocenters. The molecule has 48 heavy (non-hydrogen) atoms. The van der Waals surface area contributed by atoms with Gasteiger partial charge in [0.05, 0.1) is 11.4 Å². The van der Waals surface area contributed by atoms with Crippen LogP contribution < -0.4 is 19.3 Å². The van der Waals surface area contributed by atoms with E-state index in [1.54, 1.807) is 48.5 Å². The average Bonchev–Trinajstić information content (AvgIpc) is 3.63. The number of hydrogen-bond acceptors (Lipinski definition) is 6. The molecule has 0 fully saturated rings. The Morgan fingerprint density at radius 3 is 0.958 bits per heavy atom. The number of carbonyl (C=O) groups is 4. The highest BCUT2D eigenvalue weighted by molar-refractivity contribution is 6.28. The van der Waals surface area contributed by atoms with Crippen molar-refractivity contribution >= 4 is 35.0 Å². The number of nitrogens with zero attached hydrogens (tertiary/aromatic N) is 2. The highest BCUT2D eigenvalue weighted by Gasteiger charge is 2.26. The van der Waals surface area contributed by atoms with E-state index in [1.807, 2.05) is 0 Å². The molecule has 8 nitrogen and oxygen atoms in total. The second-order valence-corrected chi connectivity index (χ2v) is 11.5. The molecule has 0 radical (unpaired) electrons. The van der Waals surface area contributed by atoms with Crippen molar-refractivity contribution in [2.45, 2.75) is 53.4 Å². The maximum atomic E-state index is 12.1. The van der Waals surface area contributed by atoms with E-state index in [9.17, 15) is 19.2 Å². The van der Waals surface area contributed by atoms with E-state index in [4.69, 9.17) is 9.47 Å². The number of amides is 4. The summed E-state index contributed by atoms with van der Waals surface area (Å²) in [5.74, 6) is 1.44. The molecule has 2 aliphatic heterocycles. The molecule has 0 N–H and O–H groups in total. The van der Waals surface area contributed by atoms with Crippen LogP contribution in [0.2, 0.25) is 0 Å². The molecule has 2 aliphatic rings. The van der Waals surface area contributed by atoms with Crippen molar-refractivity contribution in [2.75, 3.05) is 9.80 Å². The van der Waals surface area contributed by atoms with Gasteiger partial charge in [-0.3, -0.25) is 19.2 Å². The van der Waals surface area contributed by atoms with E-state index in [0.29, 0.717) is 22.9 Å². The summed E-state index contributed by atoms with van der Waals surface area (Å²) in [6, 6.07) is 22.7. The Labute approximate surface area is 279 Å². The van der Waals surface area contributed by atoms with E-state index in [-0.39, 0.29) is 23.6 Å². The first-order chi connectivity index (χ1) is 23.2. The summed E-state index contributed by atoms with van der Waals surface area (Å²) < 4.78 is 12.9. The lowest BCUT2D eigenvalue weighted by molar-refractivity contribution is -0.121. The summed E-state index contributed by atoms with van der Waals surface area (Å²) in [5, 5.41) is 0. The molecule has 4 amide bonds. The smallest absolute Gasteiger partial charge is 0.258 e. The normalized spacial score (nSPS) is 14.1. The summed E-state index contributed by atoms with van der Waals surface area (Å²) in [6.45, 7) is 8.43. The van der Waals surface area contributed by atoms with Crippen LogP contribution in [0.15, 0.2) is 97.1 Å². The molecule has 2 heterocycles. The van der Waals surface area contributed by atoms with E-state index in [0.717, 1.165) is 80.4 Å². The zero-order valence-corrected chi connectivity index (χ0v) is 27.4. The van der Waals surface area contributed by atoms with E-state index in [2.05, 4.69) is 52.0 Å². The molecule has 6 rings (SSSR count). The minimum absolute atomic E-state index is 0.357. The minimum atomic E-state index is -0.357. The highest BCUT2D eigenvalue weighted by atomic mass is 16.5. The molecule has 8 heteroatoms. The molecule has 0 aromatic heterocycles. The molecule has 0 saturated carbocycles. The van der Waals surface area contributed by atoms with Crippen LogP contribution in [0.4, 0.5) is 11.4 Å². The predicted octanol–water partition coefficient (Wildman–Crippen LogP) is 8.05. The fraction of sp³-hybridized carbons (Fsp3) is 0.200. The van der Waals surface area contributed by atoms with Gasteiger partial charge in [-0.05, 0) is 132 Å². The standard InChI is InChI=1S/C40H36N2O6/c1-5-25-21-29(22-26(6-2)39(25)47-33-13-9-31(10-14-33)41-35(43)17-18-36(41)44)30-23-27(7-3)40(28(8-4)24-30)48-34-15-11-32(12-16-34)42-37(45)19-20-38(42)46/h9-24H,5-8H2,1-4H3. The number of imide groups is 2. The van der Waals surface area contributed by atoms with Crippen LogP contribution in [0.3, 0.4) is 0 Å². The third kappa shape index (κ3) is 6.17. The van der Waals surface area contributed by atoms with Gasteiger partial charge in [0.15, 0.2) is 0 Å². The fourth-order valence-electron chi connectivity index (χ4n) is 6.03. The van der Waals surface area contributed by atoms with Gasteiger partial charge in [-0.2, -0.15) is 0 Å². The van der Waals surface area contributed by atoms with Gasteiger partial charge in [0.2, 0.25) is 0 Å². The molecule has 4 aromatic rings. The number of hydrogen-bond donors (Lipinski definition) is 0. The van der Waals surface area contributed by atoms with Crippen LogP contribution in [0.1, 0.15) is 49.9 Å². The fourth-order valence-corrected chi connectivity index (χ4v) is 6.03. The van der Waals surface area contributed by atoms with E-state index in [1.165, 1.54) is 24.3 Å². The zero-order chi connectivity index (χ0) is 33.9. The minimum Gasteiger partial charge on any atom is -0.457 e. The van der Waals surface area contributed by atoms with Crippen molar-refractivity contribution in [2.24, 2.45) is 0 Å². The Morgan fingerprint density at radius 1 is 0.438 bits per heavy atom. The van der Waals surface area contributed by atoms with Crippen molar-refractivity contribution < 1.29 is 28.7 Å². The summed E-state index contributed by atoms with van der Waals surface area (Å²) in [4.78, 5) is 50.6. The molecule has 4 aromatic carbocycles. The van der Waals surface area contributed by atoms with Crippen LogP contribution in [0, 0.1) is 0 Å². The summed E-state index contributed by atoms with van der Waals surface area (Å²) >= 11 is 0. The van der Waals surface area contributed by atoms with Crippen molar-refractivity contribution in [1.29, 1.82) is 0 Å².